The van der Waals surface area contributed by atoms with Crippen LogP contribution in [0.25, 0.3) is 0 Å². The lowest BCUT2D eigenvalue weighted by atomic mass is 10.0. The predicted octanol–water partition coefficient (Wildman–Crippen LogP) is 6.29. The van der Waals surface area contributed by atoms with Crippen LogP contribution in [-0.2, 0) is 4.79 Å². The van der Waals surface area contributed by atoms with Gasteiger partial charge in [0, 0.05) is 5.57 Å². The molecule has 0 saturated heterocycles. The average Bonchev–Trinajstić information content (AvgIpc) is 2.50. The van der Waals surface area contributed by atoms with Crippen LogP contribution in [0.2, 0.25) is 0 Å². The molecule has 0 aromatic carbocycles. The first kappa shape index (κ1) is 21.2. The Morgan fingerprint density at radius 3 is 1.41 bits per heavy atom. The van der Waals surface area contributed by atoms with Crippen LogP contribution in [0.3, 0.4) is 0 Å². The van der Waals surface area contributed by atoms with Gasteiger partial charge in [0.05, 0.1) is 0 Å². The zero-order valence-electron chi connectivity index (χ0n) is 15.4. The van der Waals surface area contributed by atoms with Crippen molar-refractivity contribution in [2.45, 2.75) is 111 Å². The number of unbranched alkanes of at least 4 members (excludes halogenated alkanes) is 12. The first-order valence-electron chi connectivity index (χ1n) is 9.55. The Labute approximate surface area is 138 Å². The van der Waals surface area contributed by atoms with Gasteiger partial charge in [-0.2, -0.15) is 0 Å². The molecule has 2 N–H and O–H groups in total. The smallest absolute Gasteiger partial charge is 0.244 e. The SMILES string of the molecule is CCCCCCCCCCCCCCC/C(C)=C(/C)C(N)=O. The number of carbonyl (C=O) groups is 1. The Bertz CT molecular complexity index is 307. The van der Waals surface area contributed by atoms with Crippen LogP contribution in [0.1, 0.15) is 111 Å². The highest BCUT2D eigenvalue weighted by Gasteiger charge is 2.02. The first-order chi connectivity index (χ1) is 10.6. The van der Waals surface area contributed by atoms with Gasteiger partial charge in [-0.05, 0) is 26.7 Å². The van der Waals surface area contributed by atoms with Crippen molar-refractivity contribution in [3.63, 3.8) is 0 Å². The van der Waals surface area contributed by atoms with Crippen LogP contribution in [0.15, 0.2) is 11.1 Å². The van der Waals surface area contributed by atoms with Gasteiger partial charge in [0.1, 0.15) is 0 Å². The molecule has 0 saturated carbocycles. The number of allylic oxidation sites excluding steroid dienone is 1. The lowest BCUT2D eigenvalue weighted by molar-refractivity contribution is -0.114. The van der Waals surface area contributed by atoms with Gasteiger partial charge >= 0.3 is 0 Å². The molecule has 0 rings (SSSR count). The molecule has 2 nitrogen and oxygen atoms in total. The largest absolute Gasteiger partial charge is 0.366 e. The van der Waals surface area contributed by atoms with Crippen molar-refractivity contribution in [1.29, 1.82) is 0 Å². The lowest BCUT2D eigenvalue weighted by Gasteiger charge is -2.05. The summed E-state index contributed by atoms with van der Waals surface area (Å²) in [5, 5.41) is 0. The molecule has 2 heteroatoms. The van der Waals surface area contributed by atoms with E-state index in [1.165, 1.54) is 83.5 Å². The van der Waals surface area contributed by atoms with Gasteiger partial charge in [-0.3, -0.25) is 4.79 Å². The standard InChI is InChI=1S/C20H39NO/c1-4-5-6-7-8-9-10-11-12-13-14-15-16-17-18(2)19(3)20(21)22/h4-17H2,1-3H3,(H2,21,22)/b19-18-. The third-order valence-corrected chi connectivity index (χ3v) is 4.67. The van der Waals surface area contributed by atoms with E-state index in [1.54, 1.807) is 0 Å². The highest BCUT2D eigenvalue weighted by atomic mass is 16.1. The summed E-state index contributed by atoms with van der Waals surface area (Å²) < 4.78 is 0. The molecule has 0 bridgehead atoms. The van der Waals surface area contributed by atoms with Crippen molar-refractivity contribution in [3.05, 3.63) is 11.1 Å². The van der Waals surface area contributed by atoms with E-state index in [1.807, 2.05) is 13.8 Å². The molecular weight excluding hydrogens is 270 g/mol. The van der Waals surface area contributed by atoms with Crippen LogP contribution in [-0.4, -0.2) is 5.91 Å². The third-order valence-electron chi connectivity index (χ3n) is 4.67. The topological polar surface area (TPSA) is 43.1 Å². The molecule has 0 radical (unpaired) electrons. The number of nitrogens with two attached hydrogens (primary N) is 1. The van der Waals surface area contributed by atoms with E-state index in [4.69, 9.17) is 5.73 Å². The van der Waals surface area contributed by atoms with Crippen LogP contribution in [0, 0.1) is 0 Å². The van der Waals surface area contributed by atoms with Crippen molar-refractivity contribution in [2.24, 2.45) is 5.73 Å². The summed E-state index contributed by atoms with van der Waals surface area (Å²) in [6, 6.07) is 0. The fraction of sp³-hybridized carbons (Fsp3) is 0.850. The molecule has 0 aliphatic rings. The Kier molecular flexibility index (Phi) is 14.6. The van der Waals surface area contributed by atoms with Crippen LogP contribution in [0.5, 0.6) is 0 Å². The van der Waals surface area contributed by atoms with Gasteiger partial charge in [0.25, 0.3) is 0 Å². The zero-order valence-corrected chi connectivity index (χ0v) is 15.4. The van der Waals surface area contributed by atoms with Gasteiger partial charge in [0.2, 0.25) is 5.91 Å². The quantitative estimate of drug-likeness (QED) is 0.280. The molecule has 0 atom stereocenters. The normalized spacial score (nSPS) is 12.3. The minimum absolute atomic E-state index is 0.271. The maximum absolute atomic E-state index is 11.0. The van der Waals surface area contributed by atoms with E-state index in [9.17, 15) is 4.79 Å². The highest BCUT2D eigenvalue weighted by molar-refractivity contribution is 5.91. The molecule has 1 amide bonds. The van der Waals surface area contributed by atoms with Gasteiger partial charge in [-0.25, -0.2) is 0 Å². The summed E-state index contributed by atoms with van der Waals surface area (Å²) in [7, 11) is 0. The number of primary amides is 1. The van der Waals surface area contributed by atoms with E-state index < -0.39 is 0 Å². The van der Waals surface area contributed by atoms with Crippen molar-refractivity contribution in [2.75, 3.05) is 0 Å². The molecule has 0 aliphatic heterocycles. The number of rotatable bonds is 15. The molecule has 0 aromatic rings. The van der Waals surface area contributed by atoms with Gasteiger partial charge < -0.3 is 5.73 Å². The third kappa shape index (κ3) is 12.9. The van der Waals surface area contributed by atoms with E-state index in [2.05, 4.69) is 6.92 Å². The summed E-state index contributed by atoms with van der Waals surface area (Å²) in [5.74, 6) is -0.271. The molecule has 22 heavy (non-hydrogen) atoms. The number of hydrogen-bond acceptors (Lipinski definition) is 1. The molecule has 0 heterocycles. The van der Waals surface area contributed by atoms with Crippen molar-refractivity contribution in [3.8, 4) is 0 Å². The van der Waals surface area contributed by atoms with Crippen LogP contribution in [0.4, 0.5) is 0 Å². The summed E-state index contributed by atoms with van der Waals surface area (Å²) in [6.45, 7) is 6.14. The monoisotopic (exact) mass is 309 g/mol. The van der Waals surface area contributed by atoms with Crippen molar-refractivity contribution in [1.82, 2.24) is 0 Å². The second-order valence-electron chi connectivity index (χ2n) is 6.76. The van der Waals surface area contributed by atoms with E-state index >= 15 is 0 Å². The van der Waals surface area contributed by atoms with E-state index in [0.717, 1.165) is 17.6 Å². The summed E-state index contributed by atoms with van der Waals surface area (Å²) in [5.41, 5.74) is 7.20. The minimum atomic E-state index is -0.271. The van der Waals surface area contributed by atoms with E-state index in [-0.39, 0.29) is 5.91 Å². The second kappa shape index (κ2) is 15.1. The highest BCUT2D eigenvalue weighted by Crippen LogP contribution is 2.15. The van der Waals surface area contributed by atoms with Crippen LogP contribution < -0.4 is 5.73 Å². The molecule has 130 valence electrons. The lowest BCUT2D eigenvalue weighted by Crippen LogP contribution is -2.13. The Morgan fingerprint density at radius 2 is 1.05 bits per heavy atom. The maximum Gasteiger partial charge on any atom is 0.244 e. The zero-order chi connectivity index (χ0) is 16.6. The number of hydrogen-bond donors (Lipinski definition) is 1. The Hall–Kier alpha value is -0.790. The van der Waals surface area contributed by atoms with Gasteiger partial charge in [-0.1, -0.05) is 89.5 Å². The second-order valence-corrected chi connectivity index (χ2v) is 6.76. The maximum atomic E-state index is 11.0. The molecule has 0 aromatic heterocycles. The molecule has 0 aliphatic carbocycles. The number of carbonyl (C=O) groups excluding carboxylic acids is 1. The van der Waals surface area contributed by atoms with E-state index in [0.29, 0.717) is 0 Å². The fourth-order valence-corrected chi connectivity index (χ4v) is 2.81. The van der Waals surface area contributed by atoms with Gasteiger partial charge in [0.15, 0.2) is 0 Å². The number of amides is 1. The summed E-state index contributed by atoms with van der Waals surface area (Å²) >= 11 is 0. The molecule has 0 fully saturated rings. The molecule has 0 spiro atoms. The van der Waals surface area contributed by atoms with Crippen LogP contribution >= 0.6 is 0 Å². The fourth-order valence-electron chi connectivity index (χ4n) is 2.81. The minimum Gasteiger partial charge on any atom is -0.366 e. The van der Waals surface area contributed by atoms with Crippen molar-refractivity contribution >= 4 is 5.91 Å². The Morgan fingerprint density at radius 1 is 0.682 bits per heavy atom. The predicted molar refractivity (Wildman–Crippen MR) is 97.9 cm³/mol. The molecular formula is C20H39NO. The summed E-state index contributed by atoms with van der Waals surface area (Å²) in [6.07, 6.45) is 18.9. The van der Waals surface area contributed by atoms with Crippen molar-refractivity contribution < 1.29 is 4.79 Å². The Balaban J connectivity index is 3.27. The first-order valence-corrected chi connectivity index (χ1v) is 9.55. The average molecular weight is 310 g/mol. The summed E-state index contributed by atoms with van der Waals surface area (Å²) in [4.78, 5) is 11.0. The van der Waals surface area contributed by atoms with Gasteiger partial charge in [-0.15, -0.1) is 0 Å². The molecule has 0 unspecified atom stereocenters.